The Kier molecular flexibility index (Phi) is 10.4. The molecule has 2 N–H and O–H groups in total. The Labute approximate surface area is 331 Å². The fraction of sp³-hybridized carbons (Fsp3) is 0.429. The molecule has 4 aliphatic heterocycles. The van der Waals surface area contributed by atoms with Gasteiger partial charge in [0.05, 0.1) is 13.1 Å². The number of hydrogen-bond donors (Lipinski definition) is 2. The highest BCUT2D eigenvalue weighted by Crippen LogP contribution is 2.35. The first-order valence-electron chi connectivity index (χ1n) is 19.4. The minimum absolute atomic E-state index is 0.0549. The molecule has 5 amide bonds. The molecule has 0 unspecified atom stereocenters. The molecule has 1 saturated carbocycles. The summed E-state index contributed by atoms with van der Waals surface area (Å²) in [5.74, 6) is -0.940. The lowest BCUT2D eigenvalue weighted by atomic mass is 9.90. The van der Waals surface area contributed by atoms with Crippen LogP contribution in [0.4, 0.5) is 17.1 Å². The Morgan fingerprint density at radius 2 is 1.61 bits per heavy atom. The Morgan fingerprint density at radius 1 is 0.893 bits per heavy atom. The van der Waals surface area contributed by atoms with Crippen LogP contribution in [0.25, 0.3) is 4.85 Å². The molecule has 4 heterocycles. The molecule has 0 bridgehead atoms. The van der Waals surface area contributed by atoms with Gasteiger partial charge in [0.1, 0.15) is 6.04 Å². The van der Waals surface area contributed by atoms with Crippen LogP contribution in [0.1, 0.15) is 75.9 Å². The average Bonchev–Trinajstić information content (AvgIpc) is 3.77. The van der Waals surface area contributed by atoms with Crippen molar-refractivity contribution in [3.8, 4) is 0 Å². The first-order valence-corrected chi connectivity index (χ1v) is 19.8. The van der Waals surface area contributed by atoms with Crippen LogP contribution in [0.3, 0.4) is 0 Å². The van der Waals surface area contributed by atoms with E-state index >= 15 is 0 Å². The number of nitrogens with zero attached hydrogens (tertiary/aromatic N) is 6. The molecule has 3 aromatic rings. The quantitative estimate of drug-likeness (QED) is 0.253. The standard InChI is InChI=1S/C42H45ClN8O5/c1-44-36-12-11-33(21-35(36)43)47(2)31-9-5-30(6-10-31)45-40(54)26-3-7-32(8-4-26)49-17-15-48(16-18-49)25-39(53)50-22-27-19-29-24-51(37-13-14-38(52)46-41(37)55)42(56)34(29)20-28(27)23-50/h3-4,7-8,11-12,19-21,30-31,37H,5-6,9-10,13-18,22-25H2,2H3,(H,45,54)(H,46,52,55)/t30?,31?,37-/m0/s1. The number of fused-ring (bicyclic) bond motifs is 2. The molecule has 1 atom stereocenters. The Morgan fingerprint density at radius 3 is 2.29 bits per heavy atom. The molecule has 0 spiro atoms. The number of piperazine rings is 1. The average molecular weight is 777 g/mol. The number of imide groups is 1. The minimum atomic E-state index is -0.646. The summed E-state index contributed by atoms with van der Waals surface area (Å²) >= 11 is 6.27. The zero-order valence-electron chi connectivity index (χ0n) is 31.4. The van der Waals surface area contributed by atoms with Gasteiger partial charge < -0.3 is 24.9 Å². The van der Waals surface area contributed by atoms with Crippen molar-refractivity contribution < 1.29 is 24.0 Å². The van der Waals surface area contributed by atoms with Crippen LogP contribution < -0.4 is 20.4 Å². The fourth-order valence-corrected chi connectivity index (χ4v) is 9.04. The molecule has 56 heavy (non-hydrogen) atoms. The van der Waals surface area contributed by atoms with Crippen molar-refractivity contribution in [3.05, 3.63) is 98.9 Å². The van der Waals surface area contributed by atoms with E-state index in [9.17, 15) is 24.0 Å². The van der Waals surface area contributed by atoms with E-state index in [1.165, 1.54) is 0 Å². The van der Waals surface area contributed by atoms with Crippen molar-refractivity contribution in [1.29, 1.82) is 0 Å². The van der Waals surface area contributed by atoms with Gasteiger partial charge in [-0.25, -0.2) is 4.85 Å². The number of nitrogens with one attached hydrogen (secondary N) is 2. The number of halogens is 1. The normalized spacial score (nSPS) is 22.3. The highest BCUT2D eigenvalue weighted by Gasteiger charge is 2.40. The van der Waals surface area contributed by atoms with Gasteiger partial charge in [0.25, 0.3) is 11.8 Å². The van der Waals surface area contributed by atoms with Gasteiger partial charge in [0.15, 0.2) is 0 Å². The van der Waals surface area contributed by atoms with Gasteiger partial charge >= 0.3 is 0 Å². The van der Waals surface area contributed by atoms with Gasteiger partial charge in [0.2, 0.25) is 23.4 Å². The maximum atomic E-state index is 13.4. The zero-order valence-corrected chi connectivity index (χ0v) is 32.2. The van der Waals surface area contributed by atoms with E-state index in [2.05, 4.69) is 37.2 Å². The molecule has 0 aromatic heterocycles. The van der Waals surface area contributed by atoms with Crippen LogP contribution in [0, 0.1) is 6.57 Å². The lowest BCUT2D eigenvalue weighted by molar-refractivity contribution is -0.137. The van der Waals surface area contributed by atoms with Crippen molar-refractivity contribution in [1.82, 2.24) is 25.3 Å². The fourth-order valence-electron chi connectivity index (χ4n) is 8.82. The van der Waals surface area contributed by atoms with E-state index in [0.717, 1.165) is 79.9 Å². The number of carbonyl (C=O) groups is 5. The second-order valence-electron chi connectivity index (χ2n) is 15.6. The summed E-state index contributed by atoms with van der Waals surface area (Å²) < 4.78 is 0. The first kappa shape index (κ1) is 37.5. The molecular weight excluding hydrogens is 732 g/mol. The largest absolute Gasteiger partial charge is 0.372 e. The summed E-state index contributed by atoms with van der Waals surface area (Å²) in [5.41, 5.74) is 6.55. The predicted octanol–water partition coefficient (Wildman–Crippen LogP) is 4.49. The predicted molar refractivity (Wildman–Crippen MR) is 211 cm³/mol. The smallest absolute Gasteiger partial charge is 0.255 e. The van der Waals surface area contributed by atoms with Crippen molar-refractivity contribution in [2.24, 2.45) is 0 Å². The summed E-state index contributed by atoms with van der Waals surface area (Å²) in [4.78, 5) is 77.4. The lowest BCUT2D eigenvalue weighted by Gasteiger charge is -2.36. The number of hydrogen-bond acceptors (Lipinski definition) is 8. The Hall–Kier alpha value is -5.45. The third-order valence-corrected chi connectivity index (χ3v) is 12.5. The van der Waals surface area contributed by atoms with Gasteiger partial charge in [-0.2, -0.15) is 0 Å². The summed E-state index contributed by atoms with van der Waals surface area (Å²) in [6, 6.07) is 17.0. The second-order valence-corrected chi connectivity index (χ2v) is 16.0. The monoisotopic (exact) mass is 776 g/mol. The summed E-state index contributed by atoms with van der Waals surface area (Å²) in [7, 11) is 2.06. The third-order valence-electron chi connectivity index (χ3n) is 12.2. The van der Waals surface area contributed by atoms with Crippen LogP contribution in [-0.2, 0) is 34.0 Å². The number of carbonyl (C=O) groups excluding carboxylic acids is 5. The molecule has 5 aliphatic rings. The molecule has 0 radical (unpaired) electrons. The van der Waals surface area contributed by atoms with Gasteiger partial charge in [-0.3, -0.25) is 34.2 Å². The van der Waals surface area contributed by atoms with Crippen LogP contribution in [-0.4, -0.2) is 102 Å². The lowest BCUT2D eigenvalue weighted by Crippen LogP contribution is -2.52. The van der Waals surface area contributed by atoms with Gasteiger partial charge in [0, 0.05) is 98.9 Å². The van der Waals surface area contributed by atoms with Crippen molar-refractivity contribution >= 4 is 58.2 Å². The minimum Gasteiger partial charge on any atom is -0.372 e. The molecule has 1 aliphatic carbocycles. The van der Waals surface area contributed by atoms with Crippen molar-refractivity contribution in [2.45, 2.75) is 76.3 Å². The molecular formula is C42H45ClN8O5. The van der Waals surface area contributed by atoms with E-state index in [1.54, 1.807) is 11.0 Å². The summed E-state index contributed by atoms with van der Waals surface area (Å²) in [5, 5.41) is 6.04. The van der Waals surface area contributed by atoms with Crippen LogP contribution in [0.2, 0.25) is 5.02 Å². The van der Waals surface area contributed by atoms with Gasteiger partial charge in [-0.1, -0.05) is 23.7 Å². The third kappa shape index (κ3) is 7.55. The van der Waals surface area contributed by atoms with Crippen molar-refractivity contribution in [2.75, 3.05) is 49.6 Å². The zero-order chi connectivity index (χ0) is 39.1. The van der Waals surface area contributed by atoms with E-state index in [0.29, 0.717) is 60.5 Å². The molecule has 3 fully saturated rings. The molecule has 3 aromatic carbocycles. The Bertz CT molecular complexity index is 2120. The molecule has 290 valence electrons. The van der Waals surface area contributed by atoms with E-state index in [4.69, 9.17) is 18.2 Å². The van der Waals surface area contributed by atoms with Crippen LogP contribution in [0.15, 0.2) is 54.6 Å². The summed E-state index contributed by atoms with van der Waals surface area (Å²) in [6.45, 7) is 11.8. The second kappa shape index (κ2) is 15.6. The maximum Gasteiger partial charge on any atom is 0.255 e. The number of benzene rings is 3. The van der Waals surface area contributed by atoms with Gasteiger partial charge in [-0.15, -0.1) is 0 Å². The summed E-state index contributed by atoms with van der Waals surface area (Å²) in [6.07, 6.45) is 4.22. The maximum absolute atomic E-state index is 13.4. The number of anilines is 2. The molecule has 13 nitrogen and oxygen atoms in total. The Balaban J connectivity index is 0.770. The van der Waals surface area contributed by atoms with Crippen LogP contribution in [0.5, 0.6) is 0 Å². The number of amides is 5. The SMILES string of the molecule is [C-]#[N+]c1ccc(N(C)C2CCC(NC(=O)c3ccc(N4CCN(CC(=O)N5Cc6cc7c(cc6C5)C(=O)N([C@H]5CCC(=O)NC5=O)C7)CC4)cc3)CC2)cc1Cl. The van der Waals surface area contributed by atoms with Crippen molar-refractivity contribution in [3.63, 3.8) is 0 Å². The molecule has 8 rings (SSSR count). The highest BCUT2D eigenvalue weighted by molar-refractivity contribution is 6.33. The van der Waals surface area contributed by atoms with E-state index in [1.807, 2.05) is 53.4 Å². The molecule has 14 heteroatoms. The van der Waals surface area contributed by atoms with Crippen LogP contribution >= 0.6 is 11.6 Å². The van der Waals surface area contributed by atoms with E-state index in [-0.39, 0.29) is 36.1 Å². The first-order chi connectivity index (χ1) is 27.0. The number of rotatable bonds is 8. The molecule has 2 saturated heterocycles. The number of piperidine rings is 1. The van der Waals surface area contributed by atoms with E-state index < -0.39 is 11.9 Å². The topological polar surface area (TPSA) is 130 Å². The highest BCUT2D eigenvalue weighted by atomic mass is 35.5. The van der Waals surface area contributed by atoms with Gasteiger partial charge in [-0.05, 0) is 91.3 Å².